The van der Waals surface area contributed by atoms with Gasteiger partial charge in [-0.3, -0.25) is 9.69 Å². The molecule has 24 heavy (non-hydrogen) atoms. The number of piperidine rings is 1. The van der Waals surface area contributed by atoms with Crippen molar-refractivity contribution < 1.29 is 4.79 Å². The number of nitrogens with zero attached hydrogens (tertiary/aromatic N) is 2. The number of carbonyl (C=O) groups is 1. The van der Waals surface area contributed by atoms with Crippen molar-refractivity contribution in [2.75, 3.05) is 18.8 Å². The van der Waals surface area contributed by atoms with Crippen LogP contribution in [0.15, 0.2) is 36.5 Å². The summed E-state index contributed by atoms with van der Waals surface area (Å²) in [5, 5.41) is 0. The summed E-state index contributed by atoms with van der Waals surface area (Å²) >= 11 is 0. The van der Waals surface area contributed by atoms with E-state index < -0.39 is 5.91 Å². The fraction of sp³-hybridized carbons (Fsp3) is 0.333. The molecular formula is C18H23N5O. The van der Waals surface area contributed by atoms with Crippen LogP contribution in [0.3, 0.4) is 0 Å². The number of hydrogen-bond acceptors (Lipinski definition) is 5. The third-order valence-corrected chi connectivity index (χ3v) is 4.42. The Labute approximate surface area is 141 Å². The van der Waals surface area contributed by atoms with Gasteiger partial charge in [-0.2, -0.15) is 0 Å². The number of aromatic nitrogens is 1. The molecule has 1 unspecified atom stereocenters. The fourth-order valence-corrected chi connectivity index (χ4v) is 3.13. The number of anilines is 1. The summed E-state index contributed by atoms with van der Waals surface area (Å²) in [6, 6.07) is 10.2. The van der Waals surface area contributed by atoms with E-state index in [9.17, 15) is 4.79 Å². The van der Waals surface area contributed by atoms with Gasteiger partial charge in [0.05, 0.1) is 5.56 Å². The van der Waals surface area contributed by atoms with Crippen molar-refractivity contribution in [3.63, 3.8) is 0 Å². The van der Waals surface area contributed by atoms with Crippen LogP contribution >= 0.6 is 0 Å². The van der Waals surface area contributed by atoms with Crippen LogP contribution in [-0.2, 0) is 6.54 Å². The molecule has 3 rings (SSSR count). The number of hydrogen-bond donors (Lipinski definition) is 3. The van der Waals surface area contributed by atoms with Gasteiger partial charge >= 0.3 is 0 Å². The number of benzene rings is 1. The van der Waals surface area contributed by atoms with Crippen molar-refractivity contribution in [3.8, 4) is 11.1 Å². The topological polar surface area (TPSA) is 111 Å². The average molecular weight is 325 g/mol. The van der Waals surface area contributed by atoms with Gasteiger partial charge in [0.15, 0.2) is 0 Å². The first kappa shape index (κ1) is 16.4. The normalized spacial score (nSPS) is 18.5. The van der Waals surface area contributed by atoms with Crippen LogP contribution in [0.4, 0.5) is 5.82 Å². The third-order valence-electron chi connectivity index (χ3n) is 4.42. The molecule has 1 aliphatic rings. The van der Waals surface area contributed by atoms with E-state index in [0.29, 0.717) is 0 Å². The van der Waals surface area contributed by atoms with Crippen LogP contribution in [0.2, 0.25) is 0 Å². The average Bonchev–Trinajstić information content (AvgIpc) is 2.56. The van der Waals surface area contributed by atoms with Crippen molar-refractivity contribution >= 4 is 11.7 Å². The maximum atomic E-state index is 11.4. The highest BCUT2D eigenvalue weighted by Crippen LogP contribution is 2.23. The number of rotatable bonds is 4. The Morgan fingerprint density at radius 2 is 2.00 bits per heavy atom. The van der Waals surface area contributed by atoms with Crippen molar-refractivity contribution in [2.24, 2.45) is 11.5 Å². The number of pyridine rings is 1. The predicted molar refractivity (Wildman–Crippen MR) is 95.1 cm³/mol. The highest BCUT2D eigenvalue weighted by atomic mass is 16.1. The van der Waals surface area contributed by atoms with Gasteiger partial charge in [-0.05, 0) is 36.6 Å². The number of primary amides is 1. The van der Waals surface area contributed by atoms with Crippen LogP contribution < -0.4 is 17.2 Å². The Morgan fingerprint density at radius 1 is 1.25 bits per heavy atom. The van der Waals surface area contributed by atoms with Crippen LogP contribution in [-0.4, -0.2) is 34.9 Å². The van der Waals surface area contributed by atoms with E-state index in [2.05, 4.69) is 22.0 Å². The van der Waals surface area contributed by atoms with Gasteiger partial charge in [-0.1, -0.05) is 24.3 Å². The molecule has 0 saturated carbocycles. The van der Waals surface area contributed by atoms with Crippen LogP contribution in [0.5, 0.6) is 0 Å². The molecular weight excluding hydrogens is 302 g/mol. The van der Waals surface area contributed by atoms with Gasteiger partial charge in [-0.25, -0.2) is 4.98 Å². The van der Waals surface area contributed by atoms with E-state index in [0.717, 1.165) is 43.6 Å². The molecule has 0 bridgehead atoms. The van der Waals surface area contributed by atoms with Crippen molar-refractivity contribution in [1.29, 1.82) is 0 Å². The Kier molecular flexibility index (Phi) is 4.78. The van der Waals surface area contributed by atoms with Crippen molar-refractivity contribution in [2.45, 2.75) is 25.4 Å². The van der Waals surface area contributed by atoms with E-state index >= 15 is 0 Å². The van der Waals surface area contributed by atoms with E-state index in [4.69, 9.17) is 17.2 Å². The molecule has 1 atom stereocenters. The molecule has 1 saturated heterocycles. The van der Waals surface area contributed by atoms with Crippen LogP contribution in [0.1, 0.15) is 28.8 Å². The van der Waals surface area contributed by atoms with Crippen LogP contribution in [0, 0.1) is 0 Å². The molecule has 6 nitrogen and oxygen atoms in total. The summed E-state index contributed by atoms with van der Waals surface area (Å²) in [5.41, 5.74) is 20.3. The van der Waals surface area contributed by atoms with Crippen LogP contribution in [0.25, 0.3) is 11.1 Å². The fourth-order valence-electron chi connectivity index (χ4n) is 3.13. The lowest BCUT2D eigenvalue weighted by molar-refractivity contribution is 0.100. The minimum absolute atomic E-state index is 0.157. The minimum atomic E-state index is -0.570. The van der Waals surface area contributed by atoms with E-state index in [1.165, 1.54) is 5.56 Å². The molecule has 6 N–H and O–H groups in total. The van der Waals surface area contributed by atoms with Gasteiger partial charge < -0.3 is 17.2 Å². The summed E-state index contributed by atoms with van der Waals surface area (Å²) in [7, 11) is 0. The molecule has 2 heterocycles. The second-order valence-corrected chi connectivity index (χ2v) is 6.36. The quantitative estimate of drug-likeness (QED) is 0.786. The Hall–Kier alpha value is -2.44. The maximum absolute atomic E-state index is 11.4. The first-order chi connectivity index (χ1) is 11.5. The zero-order valence-corrected chi connectivity index (χ0v) is 13.6. The highest BCUT2D eigenvalue weighted by molar-refractivity contribution is 5.98. The molecule has 1 aromatic heterocycles. The van der Waals surface area contributed by atoms with Crippen molar-refractivity contribution in [1.82, 2.24) is 9.88 Å². The van der Waals surface area contributed by atoms with E-state index in [1.807, 2.05) is 12.1 Å². The zero-order chi connectivity index (χ0) is 17.1. The molecule has 1 fully saturated rings. The standard InChI is InChI=1S/C18H23N5O/c19-15-2-1-7-23(11-15)10-12-3-5-13(6-4-12)14-8-16(18(21)24)17(20)22-9-14/h3-6,8-9,15H,1-2,7,10-11,19H2,(H2,20,22)(H2,21,24). The lowest BCUT2D eigenvalue weighted by atomic mass is 10.0. The lowest BCUT2D eigenvalue weighted by Gasteiger charge is -2.30. The Balaban J connectivity index is 1.75. The van der Waals surface area contributed by atoms with Gasteiger partial charge in [0, 0.05) is 30.9 Å². The van der Waals surface area contributed by atoms with Gasteiger partial charge in [0.25, 0.3) is 5.91 Å². The molecule has 0 spiro atoms. The molecule has 126 valence electrons. The van der Waals surface area contributed by atoms with Crippen molar-refractivity contribution in [3.05, 3.63) is 47.7 Å². The van der Waals surface area contributed by atoms with Gasteiger partial charge in [0.1, 0.15) is 5.82 Å². The zero-order valence-electron chi connectivity index (χ0n) is 13.6. The van der Waals surface area contributed by atoms with Gasteiger partial charge in [-0.15, -0.1) is 0 Å². The summed E-state index contributed by atoms with van der Waals surface area (Å²) < 4.78 is 0. The summed E-state index contributed by atoms with van der Waals surface area (Å²) in [4.78, 5) is 17.8. The molecule has 0 aliphatic carbocycles. The Morgan fingerprint density at radius 3 is 2.67 bits per heavy atom. The smallest absolute Gasteiger partial charge is 0.252 e. The summed E-state index contributed by atoms with van der Waals surface area (Å²) in [5.74, 6) is -0.413. The van der Waals surface area contributed by atoms with E-state index in [1.54, 1.807) is 12.3 Å². The number of likely N-dealkylation sites (tertiary alicyclic amines) is 1. The SMILES string of the molecule is NC(=O)c1cc(-c2ccc(CN3CCCC(N)C3)cc2)cnc1N. The first-order valence-corrected chi connectivity index (χ1v) is 8.15. The largest absolute Gasteiger partial charge is 0.383 e. The monoisotopic (exact) mass is 325 g/mol. The van der Waals surface area contributed by atoms with Gasteiger partial charge in [0.2, 0.25) is 0 Å². The molecule has 2 aromatic rings. The Bertz CT molecular complexity index is 729. The number of amides is 1. The minimum Gasteiger partial charge on any atom is -0.383 e. The molecule has 1 amide bonds. The highest BCUT2D eigenvalue weighted by Gasteiger charge is 2.16. The number of nitrogen functional groups attached to an aromatic ring is 1. The molecule has 6 heteroatoms. The second kappa shape index (κ2) is 6.98. The third kappa shape index (κ3) is 3.72. The summed E-state index contributed by atoms with van der Waals surface area (Å²) in [6.45, 7) is 2.95. The first-order valence-electron chi connectivity index (χ1n) is 8.15. The molecule has 1 aliphatic heterocycles. The predicted octanol–water partition coefficient (Wildman–Crippen LogP) is 1.35. The summed E-state index contributed by atoms with van der Waals surface area (Å²) in [6.07, 6.45) is 3.93. The second-order valence-electron chi connectivity index (χ2n) is 6.36. The molecule has 1 aromatic carbocycles. The lowest BCUT2D eigenvalue weighted by Crippen LogP contribution is -2.42. The maximum Gasteiger partial charge on any atom is 0.252 e. The van der Waals surface area contributed by atoms with E-state index in [-0.39, 0.29) is 17.4 Å². The number of carbonyl (C=O) groups excluding carboxylic acids is 1. The molecule has 0 radical (unpaired) electrons. The number of nitrogens with two attached hydrogens (primary N) is 3.